The summed E-state index contributed by atoms with van der Waals surface area (Å²) in [5.74, 6) is 0.281. The smallest absolute Gasteiger partial charge is 0.121 e. The minimum absolute atomic E-state index is 0. The summed E-state index contributed by atoms with van der Waals surface area (Å²) in [7, 11) is -1.33. The summed E-state index contributed by atoms with van der Waals surface area (Å²) in [5.41, 5.74) is 16.6. The van der Waals surface area contributed by atoms with E-state index in [1.807, 2.05) is 30.5 Å². The number of aromatic nitrogens is 2. The first kappa shape index (κ1) is 43.2. The summed E-state index contributed by atoms with van der Waals surface area (Å²) in [6.07, 6.45) is 3.96. The number of furan rings is 1. The summed E-state index contributed by atoms with van der Waals surface area (Å²) in [6.45, 7) is 11.5. The van der Waals surface area contributed by atoms with Crippen LogP contribution in [0.5, 0.6) is 0 Å². The molecule has 3 heterocycles. The molecule has 0 spiro atoms. The van der Waals surface area contributed by atoms with Gasteiger partial charge in [0, 0.05) is 43.8 Å². The van der Waals surface area contributed by atoms with E-state index in [9.17, 15) is 0 Å². The molecule has 3 nitrogen and oxygen atoms in total. The molecule has 1 unspecified atom stereocenters. The van der Waals surface area contributed by atoms with Crippen LogP contribution in [0.4, 0.5) is 0 Å². The van der Waals surface area contributed by atoms with E-state index in [0.717, 1.165) is 50.0 Å². The average Bonchev–Trinajstić information content (AvgIpc) is 3.69. The Morgan fingerprint density at radius 1 is 0.508 bits per heavy atom. The summed E-state index contributed by atoms with van der Waals surface area (Å²) < 4.78 is 6.32. The summed E-state index contributed by atoms with van der Waals surface area (Å²) in [5, 5.41) is 3.60. The first-order chi connectivity index (χ1) is 30.2. The second kappa shape index (κ2) is 18.9. The van der Waals surface area contributed by atoms with E-state index >= 15 is 0 Å². The zero-order chi connectivity index (χ0) is 42.6. The van der Waals surface area contributed by atoms with Crippen molar-refractivity contribution >= 4 is 35.2 Å². The topological polar surface area (TPSA) is 38.9 Å². The number of rotatable bonds is 8. The number of hydrogen-bond donors (Lipinski definition) is 0. The molecule has 0 N–H and O–H groups in total. The first-order valence-electron chi connectivity index (χ1n) is 21.3. The third kappa shape index (κ3) is 9.47. The Hall–Kier alpha value is -6.49. The van der Waals surface area contributed by atoms with Gasteiger partial charge in [-0.15, -0.1) is 53.6 Å². The number of nitrogens with zero attached hydrogens (tertiary/aromatic N) is 2. The van der Waals surface area contributed by atoms with Gasteiger partial charge in [-0.05, 0) is 69.0 Å². The Labute approximate surface area is 385 Å². The zero-order valence-corrected chi connectivity index (χ0v) is 39.6. The molecule has 0 fully saturated rings. The minimum atomic E-state index is -1.33. The van der Waals surface area contributed by atoms with Gasteiger partial charge in [-0.1, -0.05) is 188 Å². The van der Waals surface area contributed by atoms with E-state index < -0.39 is 8.07 Å². The van der Waals surface area contributed by atoms with Gasteiger partial charge in [-0.3, -0.25) is 0 Å². The molecule has 0 bridgehead atoms. The molecule has 0 aliphatic rings. The maximum atomic E-state index is 6.32. The Kier molecular flexibility index (Phi) is 12.9. The molecule has 3 aromatic heterocycles. The molecule has 0 saturated carbocycles. The number of fused-ring (bicyclic) bond motifs is 3. The van der Waals surface area contributed by atoms with Crippen molar-refractivity contribution in [3.8, 4) is 55.9 Å². The van der Waals surface area contributed by atoms with Crippen LogP contribution in [0.2, 0.25) is 19.6 Å². The summed E-state index contributed by atoms with van der Waals surface area (Å²) in [6, 6.07) is 70.2. The fourth-order valence-corrected chi connectivity index (χ4v) is 10.0. The molecule has 1 radical (unpaired) electrons. The quantitative estimate of drug-likeness (QED) is 0.112. The van der Waals surface area contributed by atoms with Gasteiger partial charge < -0.3 is 14.4 Å². The molecule has 311 valence electrons. The third-order valence-electron chi connectivity index (χ3n) is 11.7. The van der Waals surface area contributed by atoms with E-state index in [1.54, 1.807) is 0 Å². The maximum Gasteiger partial charge on any atom is 0.121 e. The summed E-state index contributed by atoms with van der Waals surface area (Å²) >= 11 is 0. The first-order valence-corrected chi connectivity index (χ1v) is 24.8. The van der Waals surface area contributed by atoms with Crippen LogP contribution in [0.1, 0.15) is 29.5 Å². The van der Waals surface area contributed by atoms with Crippen molar-refractivity contribution in [1.29, 1.82) is 0 Å². The fourth-order valence-electron chi connectivity index (χ4n) is 8.32. The van der Waals surface area contributed by atoms with E-state index in [0.29, 0.717) is 0 Å². The normalized spacial score (nSPS) is 11.7. The molecule has 0 saturated heterocycles. The van der Waals surface area contributed by atoms with Crippen LogP contribution in [-0.4, -0.2) is 18.0 Å². The molecular weight excluding hydrogens is 961 g/mol. The van der Waals surface area contributed by atoms with Crippen molar-refractivity contribution in [3.05, 3.63) is 223 Å². The van der Waals surface area contributed by atoms with Gasteiger partial charge in [0.1, 0.15) is 5.58 Å². The monoisotopic (exact) mass is 1010 g/mol. The van der Waals surface area contributed by atoms with Gasteiger partial charge in [0.25, 0.3) is 0 Å². The molecule has 7 aromatic carbocycles. The van der Waals surface area contributed by atoms with Crippen molar-refractivity contribution in [3.63, 3.8) is 0 Å². The van der Waals surface area contributed by atoms with Crippen molar-refractivity contribution in [2.75, 3.05) is 0 Å². The second-order valence-corrected chi connectivity index (χ2v) is 22.0. The van der Waals surface area contributed by atoms with Crippen LogP contribution < -0.4 is 5.19 Å². The molecule has 63 heavy (non-hydrogen) atoms. The fraction of sp³-hybridized carbons (Fsp3) is 0.103. The Morgan fingerprint density at radius 3 is 1.79 bits per heavy atom. The van der Waals surface area contributed by atoms with E-state index in [4.69, 9.17) is 4.42 Å². The van der Waals surface area contributed by atoms with Gasteiger partial charge in [0.2, 0.25) is 0 Å². The molecule has 10 aromatic rings. The molecule has 10 rings (SSSR count). The minimum Gasteiger partial charge on any atom is -0.500 e. The molecule has 0 amide bonds. The standard InChI is InChI=1S/C37H26NO.C21H22NSi.Ir/c1-25(26-10-4-2-5-11-26)28-20-21-38-35(23-28)30-17-19-36-34(22-30)33-18-16-29(24-37(33)39-36)32-15-9-8-14-31(32)27-12-6-3-7-13-27;1-16-14-20(22-15-21(16)23(2,3)4)19-12-10-18(11-13-19)17-8-6-5-7-9-17;/h2-16,18-25H,1H3;5-12,14-15H,1-4H3;/q2*-1;. The van der Waals surface area contributed by atoms with Gasteiger partial charge in [0.05, 0.1) is 13.7 Å². The van der Waals surface area contributed by atoms with E-state index in [-0.39, 0.29) is 26.0 Å². The number of hydrogen-bond acceptors (Lipinski definition) is 3. The number of benzene rings is 7. The predicted molar refractivity (Wildman–Crippen MR) is 262 cm³/mol. The van der Waals surface area contributed by atoms with Crippen LogP contribution in [-0.2, 0) is 20.1 Å². The van der Waals surface area contributed by atoms with Gasteiger partial charge in [-0.2, -0.15) is 0 Å². The molecule has 0 aliphatic heterocycles. The van der Waals surface area contributed by atoms with Crippen LogP contribution in [0.25, 0.3) is 77.8 Å². The van der Waals surface area contributed by atoms with Gasteiger partial charge >= 0.3 is 0 Å². The molecule has 0 aliphatic carbocycles. The zero-order valence-electron chi connectivity index (χ0n) is 36.2. The van der Waals surface area contributed by atoms with E-state index in [2.05, 4.69) is 220 Å². The van der Waals surface area contributed by atoms with Crippen LogP contribution >= 0.6 is 0 Å². The largest absolute Gasteiger partial charge is 0.500 e. The van der Waals surface area contributed by atoms with Crippen molar-refractivity contribution in [2.24, 2.45) is 0 Å². The SMILES string of the molecule is CC(c1ccccc1)c1ccnc(-c2[c-]cc3oc4cc(-c5ccccc5-c5ccccc5)ccc4c3c2)c1.Cc1cc(-c2[c-]cc(-c3ccccc3)cc2)ncc1[Si](C)(C)C.[Ir]. The van der Waals surface area contributed by atoms with Crippen molar-refractivity contribution in [2.45, 2.75) is 39.4 Å². The second-order valence-electron chi connectivity index (χ2n) is 16.9. The summed E-state index contributed by atoms with van der Waals surface area (Å²) in [4.78, 5) is 9.37. The average molecular weight is 1010 g/mol. The maximum absolute atomic E-state index is 6.32. The Bertz CT molecular complexity index is 3120. The molecule has 5 heteroatoms. The molecular formula is C58H48IrN2OSi-2. The van der Waals surface area contributed by atoms with Crippen molar-refractivity contribution < 1.29 is 24.5 Å². The Morgan fingerprint density at radius 2 is 1.13 bits per heavy atom. The van der Waals surface area contributed by atoms with Crippen LogP contribution in [0.3, 0.4) is 0 Å². The Balaban J connectivity index is 0.000000194. The molecule has 1 atom stereocenters. The van der Waals surface area contributed by atoms with Crippen LogP contribution in [0.15, 0.2) is 199 Å². The van der Waals surface area contributed by atoms with Gasteiger partial charge in [0.15, 0.2) is 0 Å². The van der Waals surface area contributed by atoms with E-state index in [1.165, 1.54) is 49.7 Å². The number of pyridine rings is 2. The number of aryl methyl sites for hydroxylation is 1. The third-order valence-corrected chi connectivity index (χ3v) is 13.8. The van der Waals surface area contributed by atoms with Crippen molar-refractivity contribution in [1.82, 2.24) is 9.97 Å². The van der Waals surface area contributed by atoms with Crippen LogP contribution in [0, 0.1) is 19.1 Å². The predicted octanol–water partition coefficient (Wildman–Crippen LogP) is 15.0. The van der Waals surface area contributed by atoms with Gasteiger partial charge in [-0.25, -0.2) is 0 Å².